The standard InChI is InChI=1S/C16H11BrO2/c1-10(18)19-16-14-5-3-2-4-11(14)8-12-6-7-13(17)9-15(12)16/h2-9H,1H3. The summed E-state index contributed by atoms with van der Waals surface area (Å²) in [5.74, 6) is 0.319. The molecule has 0 atom stereocenters. The topological polar surface area (TPSA) is 26.3 Å². The van der Waals surface area contributed by atoms with Crippen molar-refractivity contribution in [2.75, 3.05) is 0 Å². The Morgan fingerprint density at radius 1 is 1.00 bits per heavy atom. The second-order valence-electron chi connectivity index (χ2n) is 4.39. The van der Waals surface area contributed by atoms with Crippen molar-refractivity contribution in [2.24, 2.45) is 0 Å². The van der Waals surface area contributed by atoms with E-state index in [-0.39, 0.29) is 5.97 Å². The van der Waals surface area contributed by atoms with E-state index in [9.17, 15) is 4.79 Å². The quantitative estimate of drug-likeness (QED) is 0.370. The third-order valence-corrected chi connectivity index (χ3v) is 3.52. The first-order valence-electron chi connectivity index (χ1n) is 5.94. The molecule has 3 aromatic carbocycles. The van der Waals surface area contributed by atoms with E-state index in [1.54, 1.807) is 0 Å². The predicted molar refractivity (Wildman–Crippen MR) is 80.5 cm³/mol. The summed E-state index contributed by atoms with van der Waals surface area (Å²) in [6.07, 6.45) is 0. The van der Waals surface area contributed by atoms with Gasteiger partial charge in [0, 0.05) is 22.2 Å². The molecule has 3 aromatic rings. The normalized spacial score (nSPS) is 10.8. The molecule has 0 aliphatic heterocycles. The fourth-order valence-corrected chi connectivity index (χ4v) is 2.61. The molecule has 0 N–H and O–H groups in total. The zero-order valence-corrected chi connectivity index (χ0v) is 11.9. The third-order valence-electron chi connectivity index (χ3n) is 3.02. The largest absolute Gasteiger partial charge is 0.425 e. The summed E-state index contributed by atoms with van der Waals surface area (Å²) in [5.41, 5.74) is 0. The Kier molecular flexibility index (Phi) is 2.99. The molecular formula is C16H11BrO2. The molecule has 0 aliphatic rings. The zero-order chi connectivity index (χ0) is 13.4. The number of fused-ring (bicyclic) bond motifs is 2. The summed E-state index contributed by atoms with van der Waals surface area (Å²) in [6, 6.07) is 16.0. The molecule has 0 aliphatic carbocycles. The number of esters is 1. The van der Waals surface area contributed by atoms with E-state index < -0.39 is 0 Å². The van der Waals surface area contributed by atoms with Crippen LogP contribution < -0.4 is 4.74 Å². The van der Waals surface area contributed by atoms with Gasteiger partial charge in [-0.15, -0.1) is 0 Å². The molecule has 0 unspecified atom stereocenters. The summed E-state index contributed by atoms with van der Waals surface area (Å²) < 4.78 is 6.40. The molecule has 2 nitrogen and oxygen atoms in total. The van der Waals surface area contributed by atoms with Gasteiger partial charge in [-0.2, -0.15) is 0 Å². The van der Waals surface area contributed by atoms with Crippen LogP contribution in [-0.4, -0.2) is 5.97 Å². The van der Waals surface area contributed by atoms with Gasteiger partial charge in [-0.1, -0.05) is 46.3 Å². The van der Waals surface area contributed by atoms with Gasteiger partial charge in [0.2, 0.25) is 0 Å². The monoisotopic (exact) mass is 314 g/mol. The Morgan fingerprint density at radius 3 is 2.53 bits per heavy atom. The minimum atomic E-state index is -0.308. The van der Waals surface area contributed by atoms with E-state index in [4.69, 9.17) is 4.74 Å². The van der Waals surface area contributed by atoms with Gasteiger partial charge in [0.15, 0.2) is 0 Å². The van der Waals surface area contributed by atoms with Crippen LogP contribution in [0.4, 0.5) is 0 Å². The van der Waals surface area contributed by atoms with Crippen LogP contribution in [0.15, 0.2) is 53.0 Å². The van der Waals surface area contributed by atoms with E-state index in [2.05, 4.69) is 22.0 Å². The van der Waals surface area contributed by atoms with Crippen LogP contribution in [0, 0.1) is 0 Å². The first-order chi connectivity index (χ1) is 9.15. The number of hydrogen-bond donors (Lipinski definition) is 0. The van der Waals surface area contributed by atoms with Crippen molar-refractivity contribution in [3.05, 3.63) is 53.0 Å². The molecule has 3 rings (SSSR count). The minimum absolute atomic E-state index is 0.308. The van der Waals surface area contributed by atoms with Gasteiger partial charge >= 0.3 is 5.97 Å². The highest BCUT2D eigenvalue weighted by Crippen LogP contribution is 2.36. The van der Waals surface area contributed by atoms with Crippen LogP contribution >= 0.6 is 15.9 Å². The number of carbonyl (C=O) groups is 1. The average molecular weight is 315 g/mol. The maximum atomic E-state index is 11.4. The van der Waals surface area contributed by atoms with Crippen LogP contribution in [0.2, 0.25) is 0 Å². The number of rotatable bonds is 1. The van der Waals surface area contributed by atoms with Crippen LogP contribution in [0.5, 0.6) is 5.75 Å². The molecule has 0 bridgehead atoms. The van der Waals surface area contributed by atoms with Gasteiger partial charge in [-0.05, 0) is 29.0 Å². The lowest BCUT2D eigenvalue weighted by Gasteiger charge is -2.11. The van der Waals surface area contributed by atoms with Crippen LogP contribution in [-0.2, 0) is 4.79 Å². The van der Waals surface area contributed by atoms with Gasteiger partial charge in [0.05, 0.1) is 0 Å². The Morgan fingerprint density at radius 2 is 1.74 bits per heavy atom. The number of halogens is 1. The first-order valence-corrected chi connectivity index (χ1v) is 6.74. The predicted octanol–water partition coefficient (Wildman–Crippen LogP) is 4.68. The van der Waals surface area contributed by atoms with E-state index in [1.165, 1.54) is 6.92 Å². The number of carbonyl (C=O) groups excluding carboxylic acids is 1. The molecule has 0 radical (unpaired) electrons. The van der Waals surface area contributed by atoms with Gasteiger partial charge in [-0.3, -0.25) is 4.79 Å². The van der Waals surface area contributed by atoms with E-state index in [0.717, 1.165) is 26.0 Å². The summed E-state index contributed by atoms with van der Waals surface area (Å²) >= 11 is 3.46. The molecule has 0 fully saturated rings. The zero-order valence-electron chi connectivity index (χ0n) is 10.3. The van der Waals surface area contributed by atoms with E-state index >= 15 is 0 Å². The molecule has 0 amide bonds. The van der Waals surface area contributed by atoms with E-state index in [0.29, 0.717) is 5.75 Å². The van der Waals surface area contributed by atoms with E-state index in [1.807, 2.05) is 42.5 Å². The maximum Gasteiger partial charge on any atom is 0.308 e. The van der Waals surface area contributed by atoms with Crippen LogP contribution in [0.3, 0.4) is 0 Å². The third kappa shape index (κ3) is 2.22. The average Bonchev–Trinajstić information content (AvgIpc) is 2.39. The summed E-state index contributed by atoms with van der Waals surface area (Å²) in [4.78, 5) is 11.4. The fourth-order valence-electron chi connectivity index (χ4n) is 2.25. The molecule has 0 aromatic heterocycles. The van der Waals surface area contributed by atoms with Crippen molar-refractivity contribution in [1.29, 1.82) is 0 Å². The van der Waals surface area contributed by atoms with Gasteiger partial charge < -0.3 is 4.74 Å². The second kappa shape index (κ2) is 4.67. The minimum Gasteiger partial charge on any atom is -0.425 e. The Hall–Kier alpha value is -1.87. The Bertz CT molecular complexity index is 793. The van der Waals surface area contributed by atoms with Crippen molar-refractivity contribution < 1.29 is 9.53 Å². The number of hydrogen-bond acceptors (Lipinski definition) is 2. The lowest BCUT2D eigenvalue weighted by atomic mass is 10.0. The molecular weight excluding hydrogens is 304 g/mol. The van der Waals surface area contributed by atoms with Crippen molar-refractivity contribution in [2.45, 2.75) is 6.92 Å². The fraction of sp³-hybridized carbons (Fsp3) is 0.0625. The van der Waals surface area contributed by atoms with Crippen LogP contribution in [0.25, 0.3) is 21.5 Å². The SMILES string of the molecule is CC(=O)Oc1c2ccccc2cc2ccc(Br)cc12. The lowest BCUT2D eigenvalue weighted by Crippen LogP contribution is -2.02. The lowest BCUT2D eigenvalue weighted by molar-refractivity contribution is -0.131. The second-order valence-corrected chi connectivity index (χ2v) is 5.30. The summed E-state index contributed by atoms with van der Waals surface area (Å²) in [7, 11) is 0. The number of ether oxygens (including phenoxy) is 1. The molecule has 0 saturated carbocycles. The highest BCUT2D eigenvalue weighted by molar-refractivity contribution is 9.10. The van der Waals surface area contributed by atoms with Crippen molar-refractivity contribution >= 4 is 43.4 Å². The highest BCUT2D eigenvalue weighted by atomic mass is 79.9. The summed E-state index contributed by atoms with van der Waals surface area (Å²) in [6.45, 7) is 1.42. The molecule has 94 valence electrons. The maximum absolute atomic E-state index is 11.4. The van der Waals surface area contributed by atoms with Gasteiger partial charge in [0.25, 0.3) is 0 Å². The number of benzene rings is 3. The first kappa shape index (κ1) is 12.2. The van der Waals surface area contributed by atoms with Gasteiger partial charge in [-0.25, -0.2) is 0 Å². The highest BCUT2D eigenvalue weighted by Gasteiger charge is 2.11. The summed E-state index contributed by atoms with van der Waals surface area (Å²) in [5, 5.41) is 4.00. The molecule has 0 heterocycles. The molecule has 19 heavy (non-hydrogen) atoms. The van der Waals surface area contributed by atoms with Gasteiger partial charge in [0.1, 0.15) is 5.75 Å². The Balaban J connectivity index is 2.46. The molecule has 3 heteroatoms. The van der Waals surface area contributed by atoms with Crippen molar-refractivity contribution in [1.82, 2.24) is 0 Å². The van der Waals surface area contributed by atoms with Crippen LogP contribution in [0.1, 0.15) is 6.92 Å². The molecule has 0 saturated heterocycles. The van der Waals surface area contributed by atoms with Crippen molar-refractivity contribution in [3.8, 4) is 5.75 Å². The Labute approximate surface area is 119 Å². The molecule has 0 spiro atoms. The smallest absolute Gasteiger partial charge is 0.308 e. The van der Waals surface area contributed by atoms with Crippen molar-refractivity contribution in [3.63, 3.8) is 0 Å².